The zero-order valence-electron chi connectivity index (χ0n) is 9.08. The van der Waals surface area contributed by atoms with Gasteiger partial charge in [-0.3, -0.25) is 0 Å². The van der Waals surface area contributed by atoms with Crippen molar-refractivity contribution in [1.29, 1.82) is 5.26 Å². The quantitative estimate of drug-likeness (QED) is 0.698. The molecular weight excluding hydrogens is 188 g/mol. The largest absolute Gasteiger partial charge is 0.495 e. The molecule has 3 nitrogen and oxygen atoms in total. The van der Waals surface area contributed by atoms with Gasteiger partial charge in [-0.05, 0) is 25.0 Å². The molecule has 0 bridgehead atoms. The average Bonchev–Trinajstić information content (AvgIpc) is 2.28. The maximum absolute atomic E-state index is 8.97. The molecule has 78 valence electrons. The van der Waals surface area contributed by atoms with Crippen molar-refractivity contribution in [3.8, 4) is 11.8 Å². The van der Waals surface area contributed by atoms with E-state index < -0.39 is 0 Å². The monoisotopic (exact) mass is 202 g/mol. The van der Waals surface area contributed by atoms with Gasteiger partial charge in [-0.1, -0.05) is 0 Å². The number of nitriles is 1. The smallest absolute Gasteiger partial charge is 0.141 e. The van der Waals surface area contributed by atoms with Crippen molar-refractivity contribution in [2.24, 2.45) is 0 Å². The van der Waals surface area contributed by atoms with E-state index in [9.17, 15) is 0 Å². The summed E-state index contributed by atoms with van der Waals surface area (Å²) >= 11 is 0. The number of methoxy groups -OCH3 is 1. The van der Waals surface area contributed by atoms with Crippen LogP contribution in [0.1, 0.15) is 17.5 Å². The van der Waals surface area contributed by atoms with Gasteiger partial charge in [0.15, 0.2) is 0 Å². The van der Waals surface area contributed by atoms with Gasteiger partial charge in [-0.25, -0.2) is 0 Å². The lowest BCUT2D eigenvalue weighted by Gasteiger charge is -2.28. The topological polar surface area (TPSA) is 36.3 Å². The van der Waals surface area contributed by atoms with Gasteiger partial charge in [0.2, 0.25) is 0 Å². The van der Waals surface area contributed by atoms with Gasteiger partial charge in [0.1, 0.15) is 11.8 Å². The van der Waals surface area contributed by atoms with Crippen LogP contribution in [0.2, 0.25) is 0 Å². The van der Waals surface area contributed by atoms with E-state index in [1.54, 1.807) is 7.11 Å². The molecule has 0 fully saturated rings. The summed E-state index contributed by atoms with van der Waals surface area (Å²) in [6.07, 6.45) is 2.12. The third-order valence-corrected chi connectivity index (χ3v) is 2.89. The van der Waals surface area contributed by atoms with Crippen LogP contribution in [0.3, 0.4) is 0 Å². The van der Waals surface area contributed by atoms with Gasteiger partial charge in [0, 0.05) is 24.8 Å². The maximum Gasteiger partial charge on any atom is 0.141 e. The van der Waals surface area contributed by atoms with Gasteiger partial charge in [0.05, 0.1) is 12.7 Å². The van der Waals surface area contributed by atoms with Gasteiger partial charge in [-0.15, -0.1) is 0 Å². The standard InChI is InChI=1S/C12H14N2O/c1-14-7-3-4-10-11(14)6-5-9(8-13)12(10)15-2/h5-6H,3-4,7H2,1-2H3. The van der Waals surface area contributed by atoms with Crippen molar-refractivity contribution in [1.82, 2.24) is 0 Å². The summed E-state index contributed by atoms with van der Waals surface area (Å²) in [5.74, 6) is 0.751. The number of anilines is 1. The molecule has 0 aromatic heterocycles. The maximum atomic E-state index is 8.97. The zero-order valence-corrected chi connectivity index (χ0v) is 9.08. The summed E-state index contributed by atoms with van der Waals surface area (Å²) in [6, 6.07) is 6.01. The van der Waals surface area contributed by atoms with Gasteiger partial charge >= 0.3 is 0 Å². The number of hydrogen-bond acceptors (Lipinski definition) is 3. The molecule has 0 aliphatic carbocycles. The highest BCUT2D eigenvalue weighted by molar-refractivity contribution is 5.65. The van der Waals surface area contributed by atoms with Crippen molar-refractivity contribution >= 4 is 5.69 Å². The highest BCUT2D eigenvalue weighted by atomic mass is 16.5. The molecule has 0 amide bonds. The van der Waals surface area contributed by atoms with Crippen LogP contribution in [0, 0.1) is 11.3 Å². The van der Waals surface area contributed by atoms with Crippen molar-refractivity contribution in [2.45, 2.75) is 12.8 Å². The van der Waals surface area contributed by atoms with Crippen LogP contribution < -0.4 is 9.64 Å². The summed E-state index contributed by atoms with van der Waals surface area (Å²) in [5.41, 5.74) is 2.99. The Bertz CT molecular complexity index is 420. The fraction of sp³-hybridized carbons (Fsp3) is 0.417. The van der Waals surface area contributed by atoms with Crippen LogP contribution in [0.15, 0.2) is 12.1 Å². The number of fused-ring (bicyclic) bond motifs is 1. The van der Waals surface area contributed by atoms with Crippen molar-refractivity contribution in [3.05, 3.63) is 23.3 Å². The molecule has 2 rings (SSSR count). The normalized spacial score (nSPS) is 14.3. The molecule has 3 heteroatoms. The Morgan fingerprint density at radius 3 is 2.93 bits per heavy atom. The fourth-order valence-electron chi connectivity index (χ4n) is 2.15. The van der Waals surface area contributed by atoms with Crippen LogP contribution in [0.5, 0.6) is 5.75 Å². The molecule has 1 aliphatic rings. The minimum absolute atomic E-state index is 0.631. The fourth-order valence-corrected chi connectivity index (χ4v) is 2.15. The second kappa shape index (κ2) is 3.82. The predicted molar refractivity (Wildman–Crippen MR) is 59.3 cm³/mol. The number of hydrogen-bond donors (Lipinski definition) is 0. The first-order chi connectivity index (χ1) is 7.27. The third-order valence-electron chi connectivity index (χ3n) is 2.89. The lowest BCUT2D eigenvalue weighted by atomic mass is 9.98. The van der Waals surface area contributed by atoms with Gasteiger partial charge in [-0.2, -0.15) is 5.26 Å². The summed E-state index contributed by atoms with van der Waals surface area (Å²) in [5, 5.41) is 8.97. The first-order valence-electron chi connectivity index (χ1n) is 5.09. The molecule has 0 saturated carbocycles. The average molecular weight is 202 g/mol. The minimum atomic E-state index is 0.631. The lowest BCUT2D eigenvalue weighted by Crippen LogP contribution is -2.25. The highest BCUT2D eigenvalue weighted by Gasteiger charge is 2.19. The van der Waals surface area contributed by atoms with Crippen LogP contribution in [0.4, 0.5) is 5.69 Å². The molecular formula is C12H14N2O. The van der Waals surface area contributed by atoms with Crippen LogP contribution >= 0.6 is 0 Å². The Morgan fingerprint density at radius 2 is 2.27 bits per heavy atom. The molecule has 0 unspecified atom stereocenters. The van der Waals surface area contributed by atoms with Crippen LogP contribution in [-0.4, -0.2) is 20.7 Å². The molecule has 0 N–H and O–H groups in total. The molecule has 1 aromatic rings. The Morgan fingerprint density at radius 1 is 1.47 bits per heavy atom. The molecule has 0 radical (unpaired) electrons. The lowest BCUT2D eigenvalue weighted by molar-refractivity contribution is 0.407. The van der Waals surface area contributed by atoms with E-state index in [0.29, 0.717) is 5.56 Å². The van der Waals surface area contributed by atoms with E-state index in [1.807, 2.05) is 12.1 Å². The highest BCUT2D eigenvalue weighted by Crippen LogP contribution is 2.35. The molecule has 1 aliphatic heterocycles. The van der Waals surface area contributed by atoms with E-state index in [2.05, 4.69) is 18.0 Å². The predicted octanol–water partition coefficient (Wildman–Crippen LogP) is 1.95. The molecule has 1 aromatic carbocycles. The van der Waals surface area contributed by atoms with Crippen molar-refractivity contribution in [2.75, 3.05) is 25.6 Å². The van der Waals surface area contributed by atoms with Crippen molar-refractivity contribution < 1.29 is 4.74 Å². The molecule has 1 heterocycles. The third kappa shape index (κ3) is 1.52. The van der Waals surface area contributed by atoms with E-state index in [0.717, 1.165) is 25.1 Å². The number of rotatable bonds is 1. The van der Waals surface area contributed by atoms with E-state index in [1.165, 1.54) is 11.3 Å². The second-order valence-electron chi connectivity index (χ2n) is 3.78. The van der Waals surface area contributed by atoms with Gasteiger partial charge < -0.3 is 9.64 Å². The SMILES string of the molecule is COc1c(C#N)ccc2c1CCCN2C. The van der Waals surface area contributed by atoms with Crippen LogP contribution in [-0.2, 0) is 6.42 Å². The van der Waals surface area contributed by atoms with E-state index >= 15 is 0 Å². The molecule has 0 saturated heterocycles. The zero-order chi connectivity index (χ0) is 10.8. The Kier molecular flexibility index (Phi) is 2.51. The summed E-state index contributed by atoms with van der Waals surface area (Å²) in [7, 11) is 3.70. The van der Waals surface area contributed by atoms with Crippen molar-refractivity contribution in [3.63, 3.8) is 0 Å². The molecule has 15 heavy (non-hydrogen) atoms. The Balaban J connectivity index is 2.60. The second-order valence-corrected chi connectivity index (χ2v) is 3.78. The minimum Gasteiger partial charge on any atom is -0.495 e. The van der Waals surface area contributed by atoms with E-state index in [4.69, 9.17) is 10.00 Å². The number of nitrogens with zero attached hydrogens (tertiary/aromatic N) is 2. The summed E-state index contributed by atoms with van der Waals surface area (Å²) in [6.45, 7) is 1.07. The van der Waals surface area contributed by atoms with Gasteiger partial charge in [0.25, 0.3) is 0 Å². The molecule has 0 atom stereocenters. The Labute approximate surface area is 89.9 Å². The first-order valence-corrected chi connectivity index (χ1v) is 5.09. The number of benzene rings is 1. The number of ether oxygens (including phenoxy) is 1. The Hall–Kier alpha value is -1.69. The van der Waals surface area contributed by atoms with E-state index in [-0.39, 0.29) is 0 Å². The molecule has 0 spiro atoms. The summed E-state index contributed by atoms with van der Waals surface area (Å²) in [4.78, 5) is 2.21. The van der Waals surface area contributed by atoms with Crippen LogP contribution in [0.25, 0.3) is 0 Å². The first kappa shape index (κ1) is 9.85. The summed E-state index contributed by atoms with van der Waals surface area (Å²) < 4.78 is 5.33.